The zero-order valence-corrected chi connectivity index (χ0v) is 23.2. The number of methoxy groups -OCH3 is 1. The average Bonchev–Trinajstić information content (AvgIpc) is 3.45. The van der Waals surface area contributed by atoms with E-state index in [2.05, 4.69) is 24.4 Å². The summed E-state index contributed by atoms with van der Waals surface area (Å²) in [6.45, 7) is 3.95. The van der Waals surface area contributed by atoms with E-state index in [9.17, 15) is 9.59 Å². The Hall–Kier alpha value is -2.86. The minimum absolute atomic E-state index is 0.146. The third-order valence-corrected chi connectivity index (χ3v) is 6.34. The molecule has 1 amide bonds. The molecule has 1 aliphatic rings. The summed E-state index contributed by atoms with van der Waals surface area (Å²) < 4.78 is 10.6. The predicted molar refractivity (Wildman–Crippen MR) is 152 cm³/mol. The fourth-order valence-electron chi connectivity index (χ4n) is 4.02. The molecule has 0 unspecified atom stereocenters. The number of aldehydes is 1. The van der Waals surface area contributed by atoms with Crippen LogP contribution in [-0.2, 0) is 22.4 Å². The first-order valence-electron chi connectivity index (χ1n) is 13.7. The smallest absolute Gasteiger partial charge is 0.217 e. The average molecular weight is 513 g/mol. The van der Waals surface area contributed by atoms with Gasteiger partial charge in [0.25, 0.3) is 0 Å². The van der Waals surface area contributed by atoms with Crippen molar-refractivity contribution in [2.24, 2.45) is 11.7 Å². The lowest BCUT2D eigenvalue weighted by Crippen LogP contribution is -2.11. The molecular formula is C31H48N2O4. The number of hydrogen-bond acceptors (Lipinski definition) is 5. The minimum atomic E-state index is -0.146. The summed E-state index contributed by atoms with van der Waals surface area (Å²) in [5.41, 5.74) is 7.55. The van der Waals surface area contributed by atoms with Gasteiger partial charge in [0.1, 0.15) is 17.8 Å². The first-order chi connectivity index (χ1) is 18.0. The van der Waals surface area contributed by atoms with E-state index >= 15 is 0 Å². The molecule has 37 heavy (non-hydrogen) atoms. The van der Waals surface area contributed by atoms with E-state index < -0.39 is 0 Å². The summed E-state index contributed by atoms with van der Waals surface area (Å²) >= 11 is 0. The van der Waals surface area contributed by atoms with Crippen LogP contribution in [0.2, 0.25) is 0 Å². The van der Waals surface area contributed by atoms with Gasteiger partial charge < -0.3 is 25.3 Å². The van der Waals surface area contributed by atoms with Crippen molar-refractivity contribution in [3.8, 4) is 11.5 Å². The number of ether oxygens (including phenoxy) is 2. The summed E-state index contributed by atoms with van der Waals surface area (Å²) in [5.74, 6) is 2.49. The molecule has 2 aromatic carbocycles. The lowest BCUT2D eigenvalue weighted by Gasteiger charge is -2.05. The van der Waals surface area contributed by atoms with Crippen molar-refractivity contribution in [2.75, 3.05) is 27.3 Å². The van der Waals surface area contributed by atoms with E-state index in [1.807, 2.05) is 43.4 Å². The van der Waals surface area contributed by atoms with Gasteiger partial charge in [0.2, 0.25) is 5.91 Å². The molecule has 0 spiro atoms. The maximum Gasteiger partial charge on any atom is 0.217 e. The zero-order chi connectivity index (χ0) is 27.1. The van der Waals surface area contributed by atoms with Gasteiger partial charge in [-0.05, 0) is 80.6 Å². The monoisotopic (exact) mass is 512 g/mol. The van der Waals surface area contributed by atoms with Crippen LogP contribution in [0.3, 0.4) is 0 Å². The van der Waals surface area contributed by atoms with E-state index in [1.165, 1.54) is 36.8 Å². The van der Waals surface area contributed by atoms with Crippen molar-refractivity contribution in [2.45, 2.75) is 77.6 Å². The van der Waals surface area contributed by atoms with E-state index in [-0.39, 0.29) is 5.91 Å². The van der Waals surface area contributed by atoms with Gasteiger partial charge in [0, 0.05) is 12.8 Å². The maximum atomic E-state index is 10.4. The molecular weight excluding hydrogens is 464 g/mol. The quantitative estimate of drug-likeness (QED) is 0.243. The molecule has 1 saturated carbocycles. The second-order valence-corrected chi connectivity index (χ2v) is 9.41. The number of nitrogens with one attached hydrogen (secondary N) is 1. The summed E-state index contributed by atoms with van der Waals surface area (Å²) in [5, 5.41) is 3.11. The van der Waals surface area contributed by atoms with Crippen molar-refractivity contribution in [3.63, 3.8) is 0 Å². The van der Waals surface area contributed by atoms with Crippen LogP contribution in [-0.4, -0.2) is 39.5 Å². The third kappa shape index (κ3) is 16.5. The summed E-state index contributed by atoms with van der Waals surface area (Å²) in [6.07, 6.45) is 12.6. The number of carbonyl (C=O) groups is 2. The molecule has 0 bridgehead atoms. The molecule has 0 aromatic heterocycles. The first kappa shape index (κ1) is 32.2. The van der Waals surface area contributed by atoms with Gasteiger partial charge >= 0.3 is 0 Å². The van der Waals surface area contributed by atoms with E-state index in [0.29, 0.717) is 12.8 Å². The number of benzene rings is 2. The van der Waals surface area contributed by atoms with E-state index in [0.717, 1.165) is 69.0 Å². The van der Waals surface area contributed by atoms with Gasteiger partial charge in [-0.15, -0.1) is 0 Å². The summed E-state index contributed by atoms with van der Waals surface area (Å²) in [7, 11) is 3.64. The molecule has 2 aromatic rings. The highest BCUT2D eigenvalue weighted by atomic mass is 16.5. The predicted octanol–water partition coefficient (Wildman–Crippen LogP) is 5.90. The van der Waals surface area contributed by atoms with E-state index in [4.69, 9.17) is 15.2 Å². The molecule has 0 radical (unpaired) electrons. The molecule has 1 fully saturated rings. The largest absolute Gasteiger partial charge is 0.497 e. The second-order valence-electron chi connectivity index (χ2n) is 9.41. The van der Waals surface area contributed by atoms with Crippen LogP contribution in [0.15, 0.2) is 48.5 Å². The Morgan fingerprint density at radius 3 is 2.11 bits per heavy atom. The number of carbonyl (C=O) groups excluding carboxylic acids is 2. The highest BCUT2D eigenvalue weighted by molar-refractivity contribution is 5.73. The number of likely N-dealkylation sites (N-methyl/N-ethyl adjacent to an activating group) is 1. The molecule has 0 atom stereocenters. The van der Waals surface area contributed by atoms with Gasteiger partial charge in [-0.25, -0.2) is 0 Å². The Kier molecular flexibility index (Phi) is 18.5. The Morgan fingerprint density at radius 1 is 1.00 bits per heavy atom. The van der Waals surface area contributed by atoms with Gasteiger partial charge in [0.05, 0.1) is 13.7 Å². The van der Waals surface area contributed by atoms with Crippen LogP contribution < -0.4 is 20.5 Å². The fourth-order valence-corrected chi connectivity index (χ4v) is 4.02. The molecule has 1 aliphatic carbocycles. The van der Waals surface area contributed by atoms with Gasteiger partial charge in [-0.1, -0.05) is 63.3 Å². The molecule has 0 saturated heterocycles. The summed E-state index contributed by atoms with van der Waals surface area (Å²) in [6, 6.07) is 16.1. The highest BCUT2D eigenvalue weighted by Gasteiger charge is 2.14. The normalized spacial score (nSPS) is 12.5. The molecule has 6 heteroatoms. The highest BCUT2D eigenvalue weighted by Crippen LogP contribution is 2.28. The Balaban J connectivity index is 0.000000283. The van der Waals surface area contributed by atoms with Crippen LogP contribution in [0.1, 0.15) is 75.8 Å². The van der Waals surface area contributed by atoms with Crippen LogP contribution in [0, 0.1) is 5.92 Å². The molecule has 3 N–H and O–H groups in total. The number of amides is 1. The van der Waals surface area contributed by atoms with E-state index in [1.54, 1.807) is 7.11 Å². The number of unbranched alkanes of at least 4 members (excludes halogenated alkanes) is 1. The van der Waals surface area contributed by atoms with Gasteiger partial charge in [0.15, 0.2) is 0 Å². The number of aryl methyl sites for hydroxylation is 1. The zero-order valence-electron chi connectivity index (χ0n) is 23.2. The third-order valence-electron chi connectivity index (χ3n) is 6.34. The first-order valence-corrected chi connectivity index (χ1v) is 13.7. The number of nitrogens with two attached hydrogens (primary N) is 1. The standard InChI is InChI=1S/C13H18O2.C10H15NO.C8H15NO/c1-2-3-11-15-13-8-6-12(7-9-13)5-4-10-14;1-11-8-7-9-3-5-10(12-2)6-4-9;9-8(10)6-5-7-3-1-2-4-7/h6-10H,2-5,11H2,1H3;3-6,11H,7-8H2,1-2H3;7H,1-6H2,(H2,9,10). The SMILES string of the molecule is CCCCOc1ccc(CCC=O)cc1.CNCCc1ccc(OC)cc1.NC(=O)CCC1CCCC1. The molecule has 0 heterocycles. The molecule has 206 valence electrons. The van der Waals surface area contributed by atoms with Gasteiger partial charge in [-0.2, -0.15) is 0 Å². The Morgan fingerprint density at radius 2 is 1.59 bits per heavy atom. The molecule has 6 nitrogen and oxygen atoms in total. The lowest BCUT2D eigenvalue weighted by atomic mass is 10.0. The summed E-state index contributed by atoms with van der Waals surface area (Å²) in [4.78, 5) is 20.6. The molecule has 3 rings (SSSR count). The minimum Gasteiger partial charge on any atom is -0.497 e. The van der Waals surface area contributed by atoms with Crippen LogP contribution in [0.4, 0.5) is 0 Å². The van der Waals surface area contributed by atoms with Crippen molar-refractivity contribution >= 4 is 12.2 Å². The second kappa shape index (κ2) is 21.2. The van der Waals surface area contributed by atoms with Crippen molar-refractivity contribution in [1.29, 1.82) is 0 Å². The Labute approximate surface area is 224 Å². The maximum absolute atomic E-state index is 10.4. The van der Waals surface area contributed by atoms with Crippen molar-refractivity contribution < 1.29 is 19.1 Å². The van der Waals surface area contributed by atoms with Crippen LogP contribution >= 0.6 is 0 Å². The van der Waals surface area contributed by atoms with Crippen LogP contribution in [0.5, 0.6) is 11.5 Å². The molecule has 0 aliphatic heterocycles. The van der Waals surface area contributed by atoms with Crippen molar-refractivity contribution in [1.82, 2.24) is 5.32 Å². The fraction of sp³-hybridized carbons (Fsp3) is 0.548. The van der Waals surface area contributed by atoms with Crippen molar-refractivity contribution in [3.05, 3.63) is 59.7 Å². The van der Waals surface area contributed by atoms with Gasteiger partial charge in [-0.3, -0.25) is 4.79 Å². The number of hydrogen-bond donors (Lipinski definition) is 2. The lowest BCUT2D eigenvalue weighted by molar-refractivity contribution is -0.118. The Bertz CT molecular complexity index is 831. The topological polar surface area (TPSA) is 90.7 Å². The van der Waals surface area contributed by atoms with Crippen LogP contribution in [0.25, 0.3) is 0 Å². The number of primary amides is 1. The number of rotatable bonds is 14.